The van der Waals surface area contributed by atoms with Crippen LogP contribution in [0.3, 0.4) is 0 Å². The van der Waals surface area contributed by atoms with Gasteiger partial charge in [-0.25, -0.2) is 0 Å². The number of thioether (sulfide) groups is 1. The minimum Gasteiger partial charge on any atom is -0.399 e. The lowest BCUT2D eigenvalue weighted by atomic mass is 10.0. The molecule has 0 atom stereocenters. The molecule has 0 radical (unpaired) electrons. The summed E-state index contributed by atoms with van der Waals surface area (Å²) in [5, 5.41) is 3.74. The molecule has 0 spiro atoms. The third-order valence-corrected chi connectivity index (χ3v) is 5.14. The molecule has 1 saturated carbocycles. The molecule has 1 aliphatic carbocycles. The molecule has 2 rings (SSSR count). The van der Waals surface area contributed by atoms with Crippen molar-refractivity contribution in [1.29, 1.82) is 0 Å². The highest BCUT2D eigenvalue weighted by atomic mass is 32.2. The normalized spacial score (nSPS) is 16.1. The fraction of sp³-hybridized carbons (Fsp3) is 0.562. The fourth-order valence-electron chi connectivity index (χ4n) is 2.59. The van der Waals surface area contributed by atoms with Crippen molar-refractivity contribution in [2.24, 2.45) is 0 Å². The number of hydrogen-bond acceptors (Lipinski definition) is 3. The van der Waals surface area contributed by atoms with Crippen molar-refractivity contribution < 1.29 is 4.79 Å². The van der Waals surface area contributed by atoms with E-state index in [0.29, 0.717) is 6.42 Å². The first-order valence-corrected chi connectivity index (χ1v) is 8.47. The predicted molar refractivity (Wildman–Crippen MR) is 88.2 cm³/mol. The fourth-order valence-corrected chi connectivity index (χ4v) is 3.89. The van der Waals surface area contributed by atoms with Crippen LogP contribution >= 0.6 is 11.8 Å². The van der Waals surface area contributed by atoms with E-state index in [4.69, 9.17) is 5.73 Å². The Hall–Kier alpha value is -1.16. The number of nitrogens with two attached hydrogens (primary N) is 1. The molecule has 0 bridgehead atoms. The molecular formula is C16H24N2OS. The van der Waals surface area contributed by atoms with E-state index in [1.165, 1.54) is 32.1 Å². The van der Waals surface area contributed by atoms with Crippen LogP contribution in [0.15, 0.2) is 18.2 Å². The summed E-state index contributed by atoms with van der Waals surface area (Å²) < 4.78 is 0. The highest BCUT2D eigenvalue weighted by Crippen LogP contribution is 2.28. The first-order valence-electron chi connectivity index (χ1n) is 7.43. The lowest BCUT2D eigenvalue weighted by Crippen LogP contribution is -2.15. The monoisotopic (exact) mass is 292 g/mol. The van der Waals surface area contributed by atoms with Gasteiger partial charge in [0.05, 0.1) is 0 Å². The van der Waals surface area contributed by atoms with E-state index < -0.39 is 0 Å². The van der Waals surface area contributed by atoms with Crippen molar-refractivity contribution in [3.63, 3.8) is 0 Å². The Morgan fingerprint density at radius 3 is 2.80 bits per heavy atom. The molecule has 3 nitrogen and oxygen atoms in total. The highest BCUT2D eigenvalue weighted by Gasteiger charge is 2.14. The number of nitrogens with one attached hydrogen (secondary N) is 1. The maximum Gasteiger partial charge on any atom is 0.225 e. The van der Waals surface area contributed by atoms with Gasteiger partial charge in [-0.05, 0) is 43.5 Å². The predicted octanol–water partition coefficient (Wildman–Crippen LogP) is 3.97. The first kappa shape index (κ1) is 15.2. The molecule has 20 heavy (non-hydrogen) atoms. The van der Waals surface area contributed by atoms with Crippen molar-refractivity contribution in [3.8, 4) is 0 Å². The summed E-state index contributed by atoms with van der Waals surface area (Å²) in [4.78, 5) is 11.9. The summed E-state index contributed by atoms with van der Waals surface area (Å²) in [5.74, 6) is 1.02. The van der Waals surface area contributed by atoms with Crippen LogP contribution in [-0.2, 0) is 4.79 Å². The second-order valence-electron chi connectivity index (χ2n) is 5.50. The lowest BCUT2D eigenvalue weighted by molar-refractivity contribution is -0.115. The van der Waals surface area contributed by atoms with E-state index in [0.717, 1.165) is 27.9 Å². The van der Waals surface area contributed by atoms with Crippen LogP contribution in [0, 0.1) is 6.92 Å². The van der Waals surface area contributed by atoms with Gasteiger partial charge in [0, 0.05) is 28.8 Å². The zero-order valence-electron chi connectivity index (χ0n) is 12.2. The third-order valence-electron chi connectivity index (χ3n) is 3.76. The summed E-state index contributed by atoms with van der Waals surface area (Å²) in [7, 11) is 0. The Bertz CT molecular complexity index is 456. The van der Waals surface area contributed by atoms with Crippen molar-refractivity contribution >= 4 is 29.0 Å². The zero-order chi connectivity index (χ0) is 14.4. The molecule has 3 N–H and O–H groups in total. The van der Waals surface area contributed by atoms with E-state index in [1.807, 2.05) is 36.9 Å². The Balaban J connectivity index is 1.72. The molecule has 0 aromatic heterocycles. The van der Waals surface area contributed by atoms with Crippen molar-refractivity contribution in [2.75, 3.05) is 16.8 Å². The molecule has 0 saturated heterocycles. The van der Waals surface area contributed by atoms with E-state index in [1.54, 1.807) is 0 Å². The summed E-state index contributed by atoms with van der Waals surface area (Å²) in [6.45, 7) is 1.96. The Kier molecular flexibility index (Phi) is 5.77. The van der Waals surface area contributed by atoms with Crippen LogP contribution < -0.4 is 11.1 Å². The molecule has 1 aromatic carbocycles. The van der Waals surface area contributed by atoms with Crippen LogP contribution in [0.1, 0.15) is 44.1 Å². The summed E-state index contributed by atoms with van der Waals surface area (Å²) in [6.07, 6.45) is 7.33. The quantitative estimate of drug-likeness (QED) is 0.807. The van der Waals surface area contributed by atoms with E-state index in [-0.39, 0.29) is 5.91 Å². The third kappa shape index (κ3) is 4.75. The molecule has 4 heteroatoms. The zero-order valence-corrected chi connectivity index (χ0v) is 13.0. The van der Waals surface area contributed by atoms with Crippen molar-refractivity contribution in [1.82, 2.24) is 0 Å². The van der Waals surface area contributed by atoms with Crippen LogP contribution in [0.5, 0.6) is 0 Å². The van der Waals surface area contributed by atoms with Crippen LogP contribution in [0.25, 0.3) is 0 Å². The van der Waals surface area contributed by atoms with E-state index >= 15 is 0 Å². The topological polar surface area (TPSA) is 55.1 Å². The van der Waals surface area contributed by atoms with Gasteiger partial charge in [0.1, 0.15) is 0 Å². The van der Waals surface area contributed by atoms with Gasteiger partial charge in [0.25, 0.3) is 0 Å². The Morgan fingerprint density at radius 2 is 2.10 bits per heavy atom. The second kappa shape index (κ2) is 7.58. The lowest BCUT2D eigenvalue weighted by Gasteiger charge is -2.20. The molecule has 0 aliphatic heterocycles. The molecule has 1 aromatic rings. The van der Waals surface area contributed by atoms with Gasteiger partial charge >= 0.3 is 0 Å². The number of rotatable bonds is 5. The molecule has 0 unspecified atom stereocenters. The molecular weight excluding hydrogens is 268 g/mol. The number of aryl methyl sites for hydroxylation is 1. The molecule has 0 heterocycles. The van der Waals surface area contributed by atoms with Gasteiger partial charge in [0.2, 0.25) is 5.91 Å². The second-order valence-corrected chi connectivity index (χ2v) is 6.91. The standard InChI is InChI=1S/C16H24N2OS/c1-12-11-13(17)7-8-15(12)18-16(19)9-10-20-14-5-3-2-4-6-14/h7-8,11,14H,2-6,9-10,17H2,1H3,(H,18,19). The number of carbonyl (C=O) groups excluding carboxylic acids is 1. The number of carbonyl (C=O) groups is 1. The maximum atomic E-state index is 11.9. The van der Waals surface area contributed by atoms with Crippen LogP contribution in [-0.4, -0.2) is 16.9 Å². The SMILES string of the molecule is Cc1cc(N)ccc1NC(=O)CCSC1CCCCC1. The molecule has 1 aliphatic rings. The van der Waals surface area contributed by atoms with Gasteiger partial charge in [-0.15, -0.1) is 0 Å². The van der Waals surface area contributed by atoms with Crippen molar-refractivity contribution in [2.45, 2.75) is 50.7 Å². The number of benzene rings is 1. The van der Waals surface area contributed by atoms with Gasteiger partial charge in [-0.3, -0.25) is 4.79 Å². The van der Waals surface area contributed by atoms with Gasteiger partial charge in [-0.1, -0.05) is 19.3 Å². The molecule has 110 valence electrons. The van der Waals surface area contributed by atoms with Crippen LogP contribution in [0.4, 0.5) is 11.4 Å². The van der Waals surface area contributed by atoms with Crippen molar-refractivity contribution in [3.05, 3.63) is 23.8 Å². The molecule has 1 fully saturated rings. The summed E-state index contributed by atoms with van der Waals surface area (Å²) in [6, 6.07) is 5.57. The maximum absolute atomic E-state index is 11.9. The minimum atomic E-state index is 0.0983. The Labute approximate surface area is 125 Å². The minimum absolute atomic E-state index is 0.0983. The van der Waals surface area contributed by atoms with Gasteiger partial charge in [0.15, 0.2) is 0 Å². The number of anilines is 2. The summed E-state index contributed by atoms with van der Waals surface area (Å²) >= 11 is 1.96. The van der Waals surface area contributed by atoms with Gasteiger partial charge in [-0.2, -0.15) is 11.8 Å². The number of amides is 1. The van der Waals surface area contributed by atoms with Gasteiger partial charge < -0.3 is 11.1 Å². The molecule has 1 amide bonds. The first-order chi connectivity index (χ1) is 9.65. The summed E-state index contributed by atoms with van der Waals surface area (Å²) in [5.41, 5.74) is 8.31. The average molecular weight is 292 g/mol. The average Bonchev–Trinajstić information content (AvgIpc) is 2.43. The van der Waals surface area contributed by atoms with Crippen LogP contribution in [0.2, 0.25) is 0 Å². The Morgan fingerprint density at radius 1 is 1.35 bits per heavy atom. The van der Waals surface area contributed by atoms with E-state index in [2.05, 4.69) is 5.32 Å². The largest absolute Gasteiger partial charge is 0.399 e. The highest BCUT2D eigenvalue weighted by molar-refractivity contribution is 7.99. The number of hydrogen-bond donors (Lipinski definition) is 2. The smallest absolute Gasteiger partial charge is 0.225 e. The number of nitrogen functional groups attached to an aromatic ring is 1. The van der Waals surface area contributed by atoms with E-state index in [9.17, 15) is 4.79 Å².